The van der Waals surface area contributed by atoms with Crippen LogP contribution in [0.4, 0.5) is 10.1 Å². The molecule has 3 aromatic rings. The normalized spacial score (nSPS) is 12.5. The summed E-state index contributed by atoms with van der Waals surface area (Å²) in [7, 11) is 1.64. The minimum absolute atomic E-state index is 0.0392. The van der Waals surface area contributed by atoms with Crippen LogP contribution in [0.1, 0.15) is 13.8 Å². The zero-order valence-electron chi connectivity index (χ0n) is 14.5. The molecule has 0 aliphatic rings. The molecule has 0 radical (unpaired) electrons. The fraction of sp³-hybridized carbons (Fsp3) is 0.278. The molecule has 0 saturated heterocycles. The Morgan fingerprint density at radius 3 is 2.73 bits per heavy atom. The van der Waals surface area contributed by atoms with Crippen molar-refractivity contribution < 1.29 is 9.18 Å². The van der Waals surface area contributed by atoms with E-state index in [1.165, 1.54) is 39.8 Å². The van der Waals surface area contributed by atoms with Crippen molar-refractivity contribution in [2.75, 3.05) is 5.32 Å². The van der Waals surface area contributed by atoms with Crippen molar-refractivity contribution in [2.24, 2.45) is 13.0 Å². The smallest absolute Gasteiger partial charge is 0.262 e. The molecule has 0 aliphatic heterocycles. The van der Waals surface area contributed by atoms with Crippen LogP contribution in [0.3, 0.4) is 0 Å². The Hall–Kier alpha value is -2.19. The van der Waals surface area contributed by atoms with Gasteiger partial charge in [0.15, 0.2) is 5.16 Å². The molecule has 0 aliphatic carbocycles. The minimum Gasteiger partial charge on any atom is -0.323 e. The summed E-state index contributed by atoms with van der Waals surface area (Å²) in [6, 6.07) is 7.78. The largest absolute Gasteiger partial charge is 0.323 e. The summed E-state index contributed by atoms with van der Waals surface area (Å²) in [6.45, 7) is 3.81. The van der Waals surface area contributed by atoms with Gasteiger partial charge in [-0.3, -0.25) is 14.2 Å². The summed E-state index contributed by atoms with van der Waals surface area (Å²) >= 11 is 2.60. The van der Waals surface area contributed by atoms with Gasteiger partial charge in [0, 0.05) is 7.05 Å². The molecule has 0 unspecified atom stereocenters. The van der Waals surface area contributed by atoms with Gasteiger partial charge in [-0.05, 0) is 29.5 Å². The first-order chi connectivity index (χ1) is 12.4. The van der Waals surface area contributed by atoms with Gasteiger partial charge in [0.25, 0.3) is 5.56 Å². The van der Waals surface area contributed by atoms with E-state index in [1.807, 2.05) is 19.2 Å². The van der Waals surface area contributed by atoms with Crippen molar-refractivity contribution in [1.29, 1.82) is 0 Å². The van der Waals surface area contributed by atoms with E-state index in [2.05, 4.69) is 10.3 Å². The van der Waals surface area contributed by atoms with Gasteiger partial charge < -0.3 is 5.32 Å². The molecule has 1 aromatic carbocycles. The highest BCUT2D eigenvalue weighted by Gasteiger charge is 2.26. The number of nitrogens with zero attached hydrogens (tertiary/aromatic N) is 2. The minimum atomic E-state index is -0.523. The molecule has 1 atom stereocenters. The fourth-order valence-electron chi connectivity index (χ4n) is 2.46. The number of nitrogens with one attached hydrogen (secondary N) is 1. The van der Waals surface area contributed by atoms with E-state index in [0.717, 1.165) is 0 Å². The Bertz CT molecular complexity index is 1010. The molecular weight excluding hydrogens is 373 g/mol. The third-order valence-electron chi connectivity index (χ3n) is 3.89. The number of carbonyl (C=O) groups is 1. The highest BCUT2D eigenvalue weighted by molar-refractivity contribution is 8.00. The van der Waals surface area contributed by atoms with E-state index in [1.54, 1.807) is 25.2 Å². The van der Waals surface area contributed by atoms with Crippen LogP contribution in [0, 0.1) is 11.7 Å². The van der Waals surface area contributed by atoms with Crippen LogP contribution in [0.15, 0.2) is 45.7 Å². The highest BCUT2D eigenvalue weighted by Crippen LogP contribution is 2.29. The lowest BCUT2D eigenvalue weighted by Crippen LogP contribution is -2.31. The second-order valence-electron chi connectivity index (χ2n) is 6.15. The van der Waals surface area contributed by atoms with E-state index in [4.69, 9.17) is 0 Å². The molecule has 2 aromatic heterocycles. The Morgan fingerprint density at radius 1 is 1.31 bits per heavy atom. The van der Waals surface area contributed by atoms with Crippen molar-refractivity contribution in [3.8, 4) is 0 Å². The molecule has 136 valence electrons. The first-order valence-corrected chi connectivity index (χ1v) is 9.80. The number of fused-ring (bicyclic) bond motifs is 1. The average Bonchev–Trinajstić information content (AvgIpc) is 3.07. The molecule has 26 heavy (non-hydrogen) atoms. The van der Waals surface area contributed by atoms with Crippen LogP contribution in [0.5, 0.6) is 0 Å². The van der Waals surface area contributed by atoms with Crippen LogP contribution in [0.2, 0.25) is 0 Å². The van der Waals surface area contributed by atoms with Gasteiger partial charge in [-0.25, -0.2) is 9.37 Å². The summed E-state index contributed by atoms with van der Waals surface area (Å²) in [4.78, 5) is 30.3. The average molecular weight is 391 g/mol. The predicted octanol–water partition coefficient (Wildman–Crippen LogP) is 3.89. The molecule has 1 N–H and O–H groups in total. The third-order valence-corrected chi connectivity index (χ3v) is 6.29. The molecular formula is C18H18FN3O2S2. The number of anilines is 1. The maximum atomic E-state index is 13.8. The number of carbonyl (C=O) groups excluding carboxylic acids is 1. The van der Waals surface area contributed by atoms with Crippen molar-refractivity contribution in [2.45, 2.75) is 24.3 Å². The van der Waals surface area contributed by atoms with Gasteiger partial charge in [0.1, 0.15) is 10.6 Å². The van der Waals surface area contributed by atoms with Crippen molar-refractivity contribution in [1.82, 2.24) is 9.55 Å². The predicted molar refractivity (Wildman–Crippen MR) is 104 cm³/mol. The lowest BCUT2D eigenvalue weighted by molar-refractivity contribution is -0.116. The zero-order chi connectivity index (χ0) is 18.8. The van der Waals surface area contributed by atoms with E-state index in [0.29, 0.717) is 15.4 Å². The van der Waals surface area contributed by atoms with Gasteiger partial charge in [0.2, 0.25) is 5.91 Å². The molecule has 0 saturated carbocycles. The number of thiophene rings is 1. The van der Waals surface area contributed by atoms with E-state index in [9.17, 15) is 14.0 Å². The molecule has 5 nitrogen and oxygen atoms in total. The quantitative estimate of drug-likeness (QED) is 0.529. The van der Waals surface area contributed by atoms with Gasteiger partial charge in [-0.2, -0.15) is 0 Å². The Morgan fingerprint density at radius 2 is 2.04 bits per heavy atom. The number of hydrogen-bond acceptors (Lipinski definition) is 5. The molecule has 0 spiro atoms. The second kappa shape index (κ2) is 7.59. The number of benzene rings is 1. The summed E-state index contributed by atoms with van der Waals surface area (Å²) in [5.41, 5.74) is -0.00456. The molecule has 0 fully saturated rings. The van der Waals surface area contributed by atoms with Crippen molar-refractivity contribution in [3.63, 3.8) is 0 Å². The first kappa shape index (κ1) is 18.6. The summed E-state index contributed by atoms with van der Waals surface area (Å²) in [5, 5.41) is 4.96. The van der Waals surface area contributed by atoms with Crippen LogP contribution in [0.25, 0.3) is 10.2 Å². The summed E-state index contributed by atoms with van der Waals surface area (Å²) in [5.74, 6) is -0.850. The number of amides is 1. The maximum Gasteiger partial charge on any atom is 0.262 e. The lowest BCUT2D eigenvalue weighted by atomic mass is 10.1. The molecule has 3 rings (SSSR count). The van der Waals surface area contributed by atoms with Crippen LogP contribution >= 0.6 is 23.1 Å². The zero-order valence-corrected chi connectivity index (χ0v) is 16.2. The molecule has 0 bridgehead atoms. The highest BCUT2D eigenvalue weighted by atomic mass is 32.2. The number of halogens is 1. The van der Waals surface area contributed by atoms with Gasteiger partial charge >= 0.3 is 0 Å². The number of aromatic nitrogens is 2. The number of hydrogen-bond donors (Lipinski definition) is 1. The topological polar surface area (TPSA) is 64.0 Å². The molecule has 1 amide bonds. The number of rotatable bonds is 5. The standard InChI is InChI=1S/C18H18FN3O2S2/c1-10(2)14(15(23)20-13-7-5-4-6-12(13)19)26-18-21-16-11(8-9-25-16)17(24)22(18)3/h4-10,14H,1-3H3,(H,20,23)/t14-/m1/s1. The third kappa shape index (κ3) is 3.66. The summed E-state index contributed by atoms with van der Waals surface area (Å²) in [6.07, 6.45) is 0. The number of thioether (sulfide) groups is 1. The Labute approximate surface area is 158 Å². The molecule has 8 heteroatoms. The molecule has 2 heterocycles. The SMILES string of the molecule is CC(C)[C@@H](Sc1nc2sccc2c(=O)n1C)C(=O)Nc1ccccc1F. The summed E-state index contributed by atoms with van der Waals surface area (Å²) < 4.78 is 15.3. The monoisotopic (exact) mass is 391 g/mol. The van der Waals surface area contributed by atoms with Crippen molar-refractivity contribution >= 4 is 44.9 Å². The van der Waals surface area contributed by atoms with Crippen molar-refractivity contribution in [3.05, 3.63) is 51.9 Å². The van der Waals surface area contributed by atoms with Gasteiger partial charge in [-0.1, -0.05) is 37.7 Å². The van der Waals surface area contributed by atoms with Gasteiger partial charge in [-0.15, -0.1) is 11.3 Å². The second-order valence-corrected chi connectivity index (χ2v) is 8.15. The fourth-order valence-corrected chi connectivity index (χ4v) is 4.32. The lowest BCUT2D eigenvalue weighted by Gasteiger charge is -2.20. The first-order valence-electron chi connectivity index (χ1n) is 8.04. The maximum absolute atomic E-state index is 13.8. The van der Waals surface area contributed by atoms with E-state index >= 15 is 0 Å². The van der Waals surface area contributed by atoms with Crippen LogP contribution in [-0.4, -0.2) is 20.7 Å². The Balaban J connectivity index is 1.89. The van der Waals surface area contributed by atoms with Crippen LogP contribution < -0.4 is 10.9 Å². The van der Waals surface area contributed by atoms with Gasteiger partial charge in [0.05, 0.1) is 16.3 Å². The van der Waals surface area contributed by atoms with Crippen LogP contribution in [-0.2, 0) is 11.8 Å². The Kier molecular flexibility index (Phi) is 5.43. The number of para-hydroxylation sites is 1. The van der Waals surface area contributed by atoms with E-state index in [-0.39, 0.29) is 23.1 Å². The van der Waals surface area contributed by atoms with E-state index < -0.39 is 11.1 Å².